The van der Waals surface area contributed by atoms with E-state index in [-0.39, 0.29) is 0 Å². The van der Waals surface area contributed by atoms with Crippen LogP contribution in [0.1, 0.15) is 29.8 Å². The first kappa shape index (κ1) is 15.2. The average molecular weight is 299 g/mol. The van der Waals surface area contributed by atoms with Crippen molar-refractivity contribution >= 4 is 0 Å². The highest BCUT2D eigenvalue weighted by Crippen LogP contribution is 2.20. The summed E-state index contributed by atoms with van der Waals surface area (Å²) in [7, 11) is 2.06. The minimum atomic E-state index is 0.611. The van der Waals surface area contributed by atoms with Crippen LogP contribution in [0.5, 0.6) is 0 Å². The van der Waals surface area contributed by atoms with Gasteiger partial charge in [-0.15, -0.1) is 0 Å². The SMILES string of the molecule is CNC1CCCN(Cc2c(C)nn(-c3ccccn3)c2C)C1. The van der Waals surface area contributed by atoms with Crippen LogP contribution in [0.25, 0.3) is 5.82 Å². The highest BCUT2D eigenvalue weighted by atomic mass is 15.3. The molecule has 1 unspecified atom stereocenters. The molecule has 1 aliphatic heterocycles. The Kier molecular flexibility index (Phi) is 4.55. The van der Waals surface area contributed by atoms with Gasteiger partial charge in [-0.2, -0.15) is 5.10 Å². The largest absolute Gasteiger partial charge is 0.316 e. The lowest BCUT2D eigenvalue weighted by molar-refractivity contribution is 0.187. The normalized spacial score (nSPS) is 19.5. The van der Waals surface area contributed by atoms with Gasteiger partial charge in [0.15, 0.2) is 5.82 Å². The lowest BCUT2D eigenvalue weighted by Crippen LogP contribution is -2.44. The van der Waals surface area contributed by atoms with Gasteiger partial charge in [0, 0.05) is 36.6 Å². The summed E-state index contributed by atoms with van der Waals surface area (Å²) in [5, 5.41) is 8.10. The molecular formula is C17H25N5. The van der Waals surface area contributed by atoms with E-state index in [0.717, 1.165) is 24.6 Å². The Labute approximate surface area is 132 Å². The topological polar surface area (TPSA) is 46.0 Å². The van der Waals surface area contributed by atoms with Crippen LogP contribution in [0, 0.1) is 13.8 Å². The second-order valence-electron chi connectivity index (χ2n) is 6.11. The summed E-state index contributed by atoms with van der Waals surface area (Å²) in [6, 6.07) is 6.55. The van der Waals surface area contributed by atoms with Crippen LogP contribution < -0.4 is 5.32 Å². The fourth-order valence-electron chi connectivity index (χ4n) is 3.26. The highest BCUT2D eigenvalue weighted by molar-refractivity contribution is 5.32. The fourth-order valence-corrected chi connectivity index (χ4v) is 3.26. The van der Waals surface area contributed by atoms with Gasteiger partial charge in [-0.05, 0) is 52.4 Å². The number of hydrogen-bond acceptors (Lipinski definition) is 4. The molecule has 5 heteroatoms. The van der Waals surface area contributed by atoms with Crippen LogP contribution in [0.4, 0.5) is 0 Å². The summed E-state index contributed by atoms with van der Waals surface area (Å²) >= 11 is 0. The molecule has 0 amide bonds. The molecule has 2 aromatic heterocycles. The predicted molar refractivity (Wildman–Crippen MR) is 88.2 cm³/mol. The summed E-state index contributed by atoms with van der Waals surface area (Å²) in [6.07, 6.45) is 4.35. The van der Waals surface area contributed by atoms with Crippen molar-refractivity contribution in [2.75, 3.05) is 20.1 Å². The van der Waals surface area contributed by atoms with Gasteiger partial charge in [-0.1, -0.05) is 6.07 Å². The molecule has 0 saturated carbocycles. The standard InChI is InChI=1S/C17H25N5/c1-13-16(12-21-10-6-7-15(11-21)18-3)14(2)22(20-13)17-8-4-5-9-19-17/h4-5,8-9,15,18H,6-7,10-12H2,1-3H3. The average Bonchev–Trinajstić information content (AvgIpc) is 2.84. The van der Waals surface area contributed by atoms with E-state index in [1.807, 2.05) is 29.1 Å². The van der Waals surface area contributed by atoms with Crippen molar-refractivity contribution in [3.63, 3.8) is 0 Å². The molecule has 1 atom stereocenters. The summed E-state index contributed by atoms with van der Waals surface area (Å²) in [6.45, 7) is 7.50. The molecule has 1 fully saturated rings. The van der Waals surface area contributed by atoms with Gasteiger partial charge in [0.25, 0.3) is 0 Å². The van der Waals surface area contributed by atoms with E-state index in [0.29, 0.717) is 6.04 Å². The summed E-state index contributed by atoms with van der Waals surface area (Å²) in [5.41, 5.74) is 3.64. The molecule has 1 N–H and O–H groups in total. The van der Waals surface area contributed by atoms with Crippen molar-refractivity contribution < 1.29 is 0 Å². The van der Waals surface area contributed by atoms with E-state index in [1.165, 1.54) is 30.6 Å². The third-order valence-corrected chi connectivity index (χ3v) is 4.60. The van der Waals surface area contributed by atoms with Crippen LogP contribution in [0.15, 0.2) is 24.4 Å². The third kappa shape index (κ3) is 3.05. The van der Waals surface area contributed by atoms with Crippen molar-refractivity contribution in [3.05, 3.63) is 41.3 Å². The molecule has 3 heterocycles. The molecule has 1 aliphatic rings. The summed E-state index contributed by atoms with van der Waals surface area (Å²) in [5.74, 6) is 0.890. The lowest BCUT2D eigenvalue weighted by atomic mass is 10.0. The number of likely N-dealkylation sites (N-methyl/N-ethyl adjacent to an activating group) is 1. The molecule has 2 aromatic rings. The molecule has 0 radical (unpaired) electrons. The quantitative estimate of drug-likeness (QED) is 0.939. The van der Waals surface area contributed by atoms with Crippen LogP contribution in [-0.4, -0.2) is 45.8 Å². The second kappa shape index (κ2) is 6.58. The highest BCUT2D eigenvalue weighted by Gasteiger charge is 2.21. The molecule has 5 nitrogen and oxygen atoms in total. The van der Waals surface area contributed by atoms with Crippen molar-refractivity contribution in [3.8, 4) is 5.82 Å². The molecule has 1 saturated heterocycles. The third-order valence-electron chi connectivity index (χ3n) is 4.60. The minimum Gasteiger partial charge on any atom is -0.316 e. The monoisotopic (exact) mass is 299 g/mol. The molecule has 0 bridgehead atoms. The number of aromatic nitrogens is 3. The van der Waals surface area contributed by atoms with E-state index in [4.69, 9.17) is 5.10 Å². The maximum Gasteiger partial charge on any atom is 0.153 e. The second-order valence-corrected chi connectivity index (χ2v) is 6.11. The lowest BCUT2D eigenvalue weighted by Gasteiger charge is -2.32. The van der Waals surface area contributed by atoms with Gasteiger partial charge in [0.2, 0.25) is 0 Å². The first-order chi connectivity index (χ1) is 10.7. The molecular weight excluding hydrogens is 274 g/mol. The summed E-state index contributed by atoms with van der Waals surface area (Å²) in [4.78, 5) is 6.95. The van der Waals surface area contributed by atoms with Gasteiger partial charge in [0.1, 0.15) is 0 Å². The zero-order valence-electron chi connectivity index (χ0n) is 13.7. The first-order valence-electron chi connectivity index (χ1n) is 8.05. The Bertz CT molecular complexity index is 619. The predicted octanol–water partition coefficient (Wildman–Crippen LogP) is 2.07. The zero-order chi connectivity index (χ0) is 15.5. The molecule has 3 rings (SSSR count). The fraction of sp³-hybridized carbons (Fsp3) is 0.529. The Balaban J connectivity index is 1.81. The Hall–Kier alpha value is -1.72. The smallest absolute Gasteiger partial charge is 0.153 e. The Morgan fingerprint density at radius 2 is 2.18 bits per heavy atom. The number of nitrogens with zero attached hydrogens (tertiary/aromatic N) is 4. The first-order valence-corrected chi connectivity index (χ1v) is 8.05. The van der Waals surface area contributed by atoms with Gasteiger partial charge in [-0.3, -0.25) is 4.90 Å². The van der Waals surface area contributed by atoms with Crippen LogP contribution in [0.3, 0.4) is 0 Å². The number of aryl methyl sites for hydroxylation is 1. The molecule has 0 spiro atoms. The number of piperidine rings is 1. The van der Waals surface area contributed by atoms with Crippen LogP contribution in [0.2, 0.25) is 0 Å². The van der Waals surface area contributed by atoms with Crippen molar-refractivity contribution in [1.29, 1.82) is 0 Å². The van der Waals surface area contributed by atoms with E-state index in [1.54, 1.807) is 0 Å². The Morgan fingerprint density at radius 3 is 2.91 bits per heavy atom. The maximum absolute atomic E-state index is 4.70. The van der Waals surface area contributed by atoms with Gasteiger partial charge >= 0.3 is 0 Å². The van der Waals surface area contributed by atoms with Crippen molar-refractivity contribution in [2.24, 2.45) is 0 Å². The number of rotatable bonds is 4. The number of hydrogen-bond donors (Lipinski definition) is 1. The number of nitrogens with one attached hydrogen (secondary N) is 1. The van der Waals surface area contributed by atoms with Gasteiger partial charge < -0.3 is 5.32 Å². The molecule has 118 valence electrons. The van der Waals surface area contributed by atoms with E-state index >= 15 is 0 Å². The van der Waals surface area contributed by atoms with Crippen molar-refractivity contribution in [2.45, 2.75) is 39.3 Å². The Morgan fingerprint density at radius 1 is 1.32 bits per heavy atom. The van der Waals surface area contributed by atoms with Crippen LogP contribution >= 0.6 is 0 Å². The molecule has 0 aliphatic carbocycles. The molecule has 0 aromatic carbocycles. The number of likely N-dealkylation sites (tertiary alicyclic amines) is 1. The van der Waals surface area contributed by atoms with Crippen molar-refractivity contribution in [1.82, 2.24) is 25.0 Å². The van der Waals surface area contributed by atoms with Crippen LogP contribution in [-0.2, 0) is 6.54 Å². The molecule has 22 heavy (non-hydrogen) atoms. The van der Waals surface area contributed by atoms with Gasteiger partial charge in [0.05, 0.1) is 5.69 Å². The summed E-state index contributed by atoms with van der Waals surface area (Å²) < 4.78 is 1.96. The minimum absolute atomic E-state index is 0.611. The van der Waals surface area contributed by atoms with E-state index in [9.17, 15) is 0 Å². The zero-order valence-corrected chi connectivity index (χ0v) is 13.7. The van der Waals surface area contributed by atoms with Gasteiger partial charge in [-0.25, -0.2) is 9.67 Å². The van der Waals surface area contributed by atoms with E-state index in [2.05, 4.69) is 36.1 Å². The van der Waals surface area contributed by atoms with E-state index < -0.39 is 0 Å². The number of pyridine rings is 1. The maximum atomic E-state index is 4.70.